The van der Waals surface area contributed by atoms with Crippen molar-refractivity contribution in [1.82, 2.24) is 4.90 Å². The summed E-state index contributed by atoms with van der Waals surface area (Å²) in [5, 5.41) is 9.10. The maximum Gasteiger partial charge on any atom is 0.410 e. The van der Waals surface area contributed by atoms with E-state index in [0.717, 1.165) is 12.8 Å². The molecule has 0 saturated carbocycles. The van der Waals surface area contributed by atoms with Crippen molar-refractivity contribution in [2.75, 3.05) is 19.8 Å². The van der Waals surface area contributed by atoms with Crippen LogP contribution in [0.25, 0.3) is 0 Å². The standard InChI is InChI=1S/C10H19NO3/c1-8(2)3-5-11-9(7-12)4-6-14-10(11)13/h8-9,12H,3-7H2,1-2H3. The summed E-state index contributed by atoms with van der Waals surface area (Å²) in [5.41, 5.74) is 0. The Labute approximate surface area is 84.8 Å². The largest absolute Gasteiger partial charge is 0.449 e. The molecule has 0 aromatic carbocycles. The Morgan fingerprint density at radius 2 is 2.36 bits per heavy atom. The highest BCUT2D eigenvalue weighted by Crippen LogP contribution is 2.14. The molecule has 4 nitrogen and oxygen atoms in total. The summed E-state index contributed by atoms with van der Waals surface area (Å²) >= 11 is 0. The molecule has 1 unspecified atom stereocenters. The Kier molecular flexibility index (Phi) is 4.20. The van der Waals surface area contributed by atoms with E-state index in [0.29, 0.717) is 19.1 Å². The minimum atomic E-state index is -0.282. The maximum absolute atomic E-state index is 11.4. The number of carbonyl (C=O) groups excluding carboxylic acids is 1. The molecule has 0 aromatic rings. The van der Waals surface area contributed by atoms with Crippen molar-refractivity contribution >= 4 is 6.09 Å². The number of aliphatic hydroxyl groups is 1. The smallest absolute Gasteiger partial charge is 0.410 e. The van der Waals surface area contributed by atoms with Crippen molar-refractivity contribution < 1.29 is 14.6 Å². The van der Waals surface area contributed by atoms with Crippen LogP contribution < -0.4 is 0 Å². The molecule has 1 saturated heterocycles. The van der Waals surface area contributed by atoms with Gasteiger partial charge in [0.25, 0.3) is 0 Å². The van der Waals surface area contributed by atoms with Gasteiger partial charge in [-0.1, -0.05) is 13.8 Å². The van der Waals surface area contributed by atoms with Crippen LogP contribution in [0.15, 0.2) is 0 Å². The fourth-order valence-electron chi connectivity index (χ4n) is 1.53. The Balaban J connectivity index is 2.46. The van der Waals surface area contributed by atoms with E-state index in [1.54, 1.807) is 4.90 Å². The van der Waals surface area contributed by atoms with Crippen LogP contribution in [0, 0.1) is 5.92 Å². The number of nitrogens with zero attached hydrogens (tertiary/aromatic N) is 1. The van der Waals surface area contributed by atoms with Crippen molar-refractivity contribution in [3.05, 3.63) is 0 Å². The van der Waals surface area contributed by atoms with E-state index < -0.39 is 0 Å². The lowest BCUT2D eigenvalue weighted by atomic mass is 10.1. The van der Waals surface area contributed by atoms with Crippen LogP contribution >= 0.6 is 0 Å². The number of cyclic esters (lactones) is 1. The molecule has 1 aliphatic rings. The van der Waals surface area contributed by atoms with Gasteiger partial charge in [0.15, 0.2) is 0 Å². The molecule has 4 heteroatoms. The first-order valence-corrected chi connectivity index (χ1v) is 5.19. The summed E-state index contributed by atoms with van der Waals surface area (Å²) in [6, 6.07) is -0.0463. The topological polar surface area (TPSA) is 49.8 Å². The minimum Gasteiger partial charge on any atom is -0.449 e. The van der Waals surface area contributed by atoms with E-state index in [-0.39, 0.29) is 18.7 Å². The van der Waals surface area contributed by atoms with Gasteiger partial charge in [0.2, 0.25) is 0 Å². The van der Waals surface area contributed by atoms with Gasteiger partial charge in [-0.25, -0.2) is 4.79 Å². The van der Waals surface area contributed by atoms with E-state index in [1.165, 1.54) is 0 Å². The molecule has 82 valence electrons. The van der Waals surface area contributed by atoms with Gasteiger partial charge in [-0.05, 0) is 12.3 Å². The molecule has 1 heterocycles. The zero-order valence-electron chi connectivity index (χ0n) is 8.90. The van der Waals surface area contributed by atoms with Crippen molar-refractivity contribution in [2.45, 2.75) is 32.7 Å². The summed E-state index contributed by atoms with van der Waals surface area (Å²) in [6.07, 6.45) is 1.40. The normalized spacial score (nSPS) is 22.7. The Hall–Kier alpha value is -0.770. The molecular formula is C10H19NO3. The molecule has 0 radical (unpaired) electrons. The SMILES string of the molecule is CC(C)CCN1C(=O)OCCC1CO. The van der Waals surface area contributed by atoms with Crippen LogP contribution in [-0.2, 0) is 4.74 Å². The molecule has 0 spiro atoms. The highest BCUT2D eigenvalue weighted by atomic mass is 16.6. The number of aliphatic hydroxyl groups excluding tert-OH is 1. The van der Waals surface area contributed by atoms with Gasteiger partial charge in [-0.3, -0.25) is 0 Å². The van der Waals surface area contributed by atoms with Crippen LogP contribution in [0.2, 0.25) is 0 Å². The van der Waals surface area contributed by atoms with Gasteiger partial charge in [0, 0.05) is 13.0 Å². The second-order valence-corrected chi connectivity index (χ2v) is 4.12. The number of amides is 1. The second-order valence-electron chi connectivity index (χ2n) is 4.12. The van der Waals surface area contributed by atoms with Crippen molar-refractivity contribution in [3.8, 4) is 0 Å². The summed E-state index contributed by atoms with van der Waals surface area (Å²) in [5.74, 6) is 0.559. The average Bonchev–Trinajstić information content (AvgIpc) is 2.15. The third-order valence-electron chi connectivity index (χ3n) is 2.51. The molecule has 0 aromatic heterocycles. The predicted octanol–water partition coefficient (Wildman–Crippen LogP) is 1.24. The third kappa shape index (κ3) is 2.87. The Bertz CT molecular complexity index is 194. The molecule has 1 amide bonds. The monoisotopic (exact) mass is 201 g/mol. The lowest BCUT2D eigenvalue weighted by Gasteiger charge is -2.34. The first-order valence-electron chi connectivity index (χ1n) is 5.19. The van der Waals surface area contributed by atoms with Gasteiger partial charge in [0.1, 0.15) is 0 Å². The Morgan fingerprint density at radius 3 is 2.93 bits per heavy atom. The van der Waals surface area contributed by atoms with E-state index in [2.05, 4.69) is 13.8 Å². The first kappa shape index (κ1) is 11.3. The van der Waals surface area contributed by atoms with Crippen molar-refractivity contribution in [1.29, 1.82) is 0 Å². The summed E-state index contributed by atoms with van der Waals surface area (Å²) < 4.78 is 4.93. The van der Waals surface area contributed by atoms with Crippen molar-refractivity contribution in [2.24, 2.45) is 5.92 Å². The zero-order valence-corrected chi connectivity index (χ0v) is 8.90. The van der Waals surface area contributed by atoms with Gasteiger partial charge < -0.3 is 14.7 Å². The lowest BCUT2D eigenvalue weighted by Crippen LogP contribution is -2.48. The number of ether oxygens (including phenoxy) is 1. The molecular weight excluding hydrogens is 182 g/mol. The van der Waals surface area contributed by atoms with Crippen molar-refractivity contribution in [3.63, 3.8) is 0 Å². The summed E-state index contributed by atoms with van der Waals surface area (Å²) in [4.78, 5) is 13.0. The number of rotatable bonds is 4. The molecule has 1 atom stereocenters. The fraction of sp³-hybridized carbons (Fsp3) is 0.900. The van der Waals surface area contributed by atoms with Gasteiger partial charge in [0.05, 0.1) is 19.3 Å². The molecule has 1 rings (SSSR count). The zero-order chi connectivity index (χ0) is 10.6. The Morgan fingerprint density at radius 1 is 1.64 bits per heavy atom. The molecule has 0 aliphatic carbocycles. The molecule has 1 fully saturated rings. The van der Waals surface area contributed by atoms with E-state index in [4.69, 9.17) is 9.84 Å². The molecule has 14 heavy (non-hydrogen) atoms. The fourth-order valence-corrected chi connectivity index (χ4v) is 1.53. The van der Waals surface area contributed by atoms with Crippen LogP contribution in [0.4, 0.5) is 4.79 Å². The molecule has 1 aliphatic heterocycles. The quantitative estimate of drug-likeness (QED) is 0.744. The average molecular weight is 201 g/mol. The van der Waals surface area contributed by atoms with E-state index >= 15 is 0 Å². The van der Waals surface area contributed by atoms with Crippen LogP contribution in [0.5, 0.6) is 0 Å². The second kappa shape index (κ2) is 5.20. The van der Waals surface area contributed by atoms with E-state index in [9.17, 15) is 4.79 Å². The van der Waals surface area contributed by atoms with Gasteiger partial charge in [-0.15, -0.1) is 0 Å². The first-order chi connectivity index (χ1) is 6.65. The molecule has 1 N–H and O–H groups in total. The lowest BCUT2D eigenvalue weighted by molar-refractivity contribution is 0.0235. The minimum absolute atomic E-state index is 0.0349. The third-order valence-corrected chi connectivity index (χ3v) is 2.51. The van der Waals surface area contributed by atoms with Gasteiger partial charge in [-0.2, -0.15) is 0 Å². The highest BCUT2D eigenvalue weighted by Gasteiger charge is 2.28. The van der Waals surface area contributed by atoms with Gasteiger partial charge >= 0.3 is 6.09 Å². The number of hydrogen-bond donors (Lipinski definition) is 1. The maximum atomic E-state index is 11.4. The summed E-state index contributed by atoms with van der Waals surface area (Å²) in [6.45, 7) is 5.38. The number of carbonyl (C=O) groups is 1. The van der Waals surface area contributed by atoms with Crippen LogP contribution in [0.1, 0.15) is 26.7 Å². The number of hydrogen-bond acceptors (Lipinski definition) is 3. The highest BCUT2D eigenvalue weighted by molar-refractivity contribution is 5.68. The van der Waals surface area contributed by atoms with E-state index in [1.807, 2.05) is 0 Å². The summed E-state index contributed by atoms with van der Waals surface area (Å²) in [7, 11) is 0. The van der Waals surface area contributed by atoms with Crippen LogP contribution in [-0.4, -0.2) is 41.9 Å². The molecule has 0 bridgehead atoms. The predicted molar refractivity (Wildman–Crippen MR) is 53.0 cm³/mol. The van der Waals surface area contributed by atoms with Crippen LogP contribution in [0.3, 0.4) is 0 Å².